The number of rotatable bonds is 66. The van der Waals surface area contributed by atoms with Crippen molar-refractivity contribution in [1.82, 2.24) is 5.32 Å². The molecular weight excluding hydrogens is 969 g/mol. The highest BCUT2D eigenvalue weighted by Crippen LogP contribution is 2.45. The SMILES string of the molecule is CCCCCCCCCCCCCCCCCC(=O)OCCC(CCOC(=O)CCCCCCCCCCCCCCCCC)C(CCCCCCCCCCCCCC)(CCCCCCCCCCCCCC)C1=NCCN1. The molecule has 0 aromatic carbocycles. The van der Waals surface area contributed by atoms with Crippen LogP contribution in [-0.4, -0.2) is 44.1 Å². The van der Waals surface area contributed by atoms with Crippen LogP contribution in [0.25, 0.3) is 0 Å². The zero-order chi connectivity index (χ0) is 56.9. The molecule has 79 heavy (non-hydrogen) atoms. The average Bonchev–Trinajstić information content (AvgIpc) is 4.04. The first kappa shape index (κ1) is 75.4. The van der Waals surface area contributed by atoms with Crippen LogP contribution in [0.2, 0.25) is 0 Å². The highest BCUT2D eigenvalue weighted by molar-refractivity contribution is 5.89. The third-order valence-electron chi connectivity index (χ3n) is 18.3. The first-order valence-electron chi connectivity index (χ1n) is 36.6. The van der Waals surface area contributed by atoms with Gasteiger partial charge in [-0.25, -0.2) is 0 Å². The van der Waals surface area contributed by atoms with Crippen LogP contribution in [0.3, 0.4) is 0 Å². The normalized spacial score (nSPS) is 12.7. The van der Waals surface area contributed by atoms with Gasteiger partial charge in [0.2, 0.25) is 0 Å². The number of nitrogens with zero attached hydrogens (tertiary/aromatic N) is 1. The molecule has 1 rings (SSSR count). The molecule has 468 valence electrons. The number of nitrogens with one attached hydrogen (secondary N) is 1. The number of esters is 2. The van der Waals surface area contributed by atoms with Gasteiger partial charge in [-0.2, -0.15) is 0 Å². The minimum absolute atomic E-state index is 0.0350. The van der Waals surface area contributed by atoms with Crippen LogP contribution in [0, 0.1) is 11.3 Å². The van der Waals surface area contributed by atoms with Crippen LogP contribution in [0.5, 0.6) is 0 Å². The molecule has 0 saturated carbocycles. The summed E-state index contributed by atoms with van der Waals surface area (Å²) in [5.74, 6) is 1.37. The van der Waals surface area contributed by atoms with E-state index in [2.05, 4.69) is 33.0 Å². The molecule has 6 nitrogen and oxygen atoms in total. The number of carbonyl (C=O) groups is 2. The van der Waals surface area contributed by atoms with Crippen molar-refractivity contribution in [3.8, 4) is 0 Å². The maximum Gasteiger partial charge on any atom is 0.305 e. The van der Waals surface area contributed by atoms with E-state index in [1.807, 2.05) is 0 Å². The topological polar surface area (TPSA) is 77.0 Å². The summed E-state index contributed by atoms with van der Waals surface area (Å²) in [5.41, 5.74) is -0.116. The second-order valence-corrected chi connectivity index (χ2v) is 25.7. The Labute approximate surface area is 495 Å². The Bertz CT molecular complexity index is 1200. The Morgan fingerprint density at radius 2 is 0.582 bits per heavy atom. The van der Waals surface area contributed by atoms with E-state index in [0.29, 0.717) is 26.1 Å². The zero-order valence-corrected chi connectivity index (χ0v) is 54.4. The summed E-state index contributed by atoms with van der Waals surface area (Å²) >= 11 is 0. The minimum Gasteiger partial charge on any atom is -0.466 e. The molecule has 0 amide bonds. The Hall–Kier alpha value is -1.59. The maximum atomic E-state index is 13.3. The van der Waals surface area contributed by atoms with E-state index in [9.17, 15) is 9.59 Å². The molecule has 0 fully saturated rings. The van der Waals surface area contributed by atoms with Crippen LogP contribution in [0.1, 0.15) is 413 Å². The number of carbonyl (C=O) groups excluding carboxylic acids is 2. The van der Waals surface area contributed by atoms with E-state index in [1.54, 1.807) is 0 Å². The number of ether oxygens (including phenoxy) is 2. The fourth-order valence-corrected chi connectivity index (χ4v) is 13.0. The van der Waals surface area contributed by atoms with Crippen molar-refractivity contribution >= 4 is 17.8 Å². The smallest absolute Gasteiger partial charge is 0.305 e. The first-order valence-corrected chi connectivity index (χ1v) is 36.6. The predicted octanol–water partition coefficient (Wildman–Crippen LogP) is 24.2. The monoisotopic (exact) mass is 1110 g/mol. The Morgan fingerprint density at radius 1 is 0.354 bits per heavy atom. The summed E-state index contributed by atoms with van der Waals surface area (Å²) in [6.45, 7) is 11.8. The van der Waals surface area contributed by atoms with Crippen molar-refractivity contribution in [3.63, 3.8) is 0 Å². The maximum absolute atomic E-state index is 13.3. The second-order valence-electron chi connectivity index (χ2n) is 25.7. The lowest BCUT2D eigenvalue weighted by Gasteiger charge is -2.42. The average molecular weight is 1110 g/mol. The highest BCUT2D eigenvalue weighted by Gasteiger charge is 2.43. The molecule has 1 N–H and O–H groups in total. The van der Waals surface area contributed by atoms with Gasteiger partial charge < -0.3 is 14.8 Å². The van der Waals surface area contributed by atoms with E-state index in [1.165, 1.54) is 327 Å². The fraction of sp³-hybridized carbons (Fsp3) is 0.959. The van der Waals surface area contributed by atoms with Crippen molar-refractivity contribution in [3.05, 3.63) is 0 Å². The molecule has 6 heteroatoms. The van der Waals surface area contributed by atoms with Gasteiger partial charge in [-0.05, 0) is 44.4 Å². The molecule has 1 aliphatic heterocycles. The molecule has 0 unspecified atom stereocenters. The Kier molecular flexibility index (Phi) is 58.2. The summed E-state index contributed by atoms with van der Waals surface area (Å²) in [4.78, 5) is 31.9. The molecule has 0 aliphatic carbocycles. The van der Waals surface area contributed by atoms with Crippen molar-refractivity contribution < 1.29 is 19.1 Å². The van der Waals surface area contributed by atoms with Gasteiger partial charge in [0.25, 0.3) is 0 Å². The summed E-state index contributed by atoms with van der Waals surface area (Å²) < 4.78 is 12.3. The largest absolute Gasteiger partial charge is 0.466 e. The molecule has 0 spiro atoms. The molecule has 0 atom stereocenters. The fourth-order valence-electron chi connectivity index (χ4n) is 13.0. The van der Waals surface area contributed by atoms with E-state index < -0.39 is 0 Å². The summed E-state index contributed by atoms with van der Waals surface area (Å²) in [5, 5.41) is 3.84. The van der Waals surface area contributed by atoms with Gasteiger partial charge in [-0.15, -0.1) is 0 Å². The molecule has 1 heterocycles. The molecule has 0 radical (unpaired) electrons. The molecule has 0 aromatic heterocycles. The van der Waals surface area contributed by atoms with Gasteiger partial charge in [-0.1, -0.05) is 362 Å². The van der Waals surface area contributed by atoms with Crippen LogP contribution >= 0.6 is 0 Å². The van der Waals surface area contributed by atoms with Crippen molar-refractivity contribution in [2.45, 2.75) is 413 Å². The zero-order valence-electron chi connectivity index (χ0n) is 54.4. The predicted molar refractivity (Wildman–Crippen MR) is 348 cm³/mol. The van der Waals surface area contributed by atoms with Crippen LogP contribution in [0.15, 0.2) is 4.99 Å². The van der Waals surface area contributed by atoms with Crippen molar-refractivity contribution in [2.75, 3.05) is 26.3 Å². The number of hydrogen-bond acceptors (Lipinski definition) is 6. The van der Waals surface area contributed by atoms with Crippen LogP contribution in [-0.2, 0) is 19.1 Å². The molecule has 0 aromatic rings. The van der Waals surface area contributed by atoms with Gasteiger partial charge >= 0.3 is 11.9 Å². The van der Waals surface area contributed by atoms with Gasteiger partial charge in [0.15, 0.2) is 0 Å². The summed E-state index contributed by atoms with van der Waals surface area (Å²) in [7, 11) is 0. The molecule has 0 saturated heterocycles. The van der Waals surface area contributed by atoms with Crippen molar-refractivity contribution in [1.29, 1.82) is 0 Å². The third-order valence-corrected chi connectivity index (χ3v) is 18.3. The highest BCUT2D eigenvalue weighted by atomic mass is 16.5. The number of aliphatic imine (C=N–C) groups is 1. The van der Waals surface area contributed by atoms with E-state index in [4.69, 9.17) is 14.5 Å². The quantitative estimate of drug-likeness (QED) is 0.0485. The van der Waals surface area contributed by atoms with E-state index in [0.717, 1.165) is 64.5 Å². The van der Waals surface area contributed by atoms with Gasteiger partial charge in [0.05, 0.1) is 19.8 Å². The van der Waals surface area contributed by atoms with E-state index in [-0.39, 0.29) is 23.3 Å². The van der Waals surface area contributed by atoms with Gasteiger partial charge in [-0.3, -0.25) is 14.6 Å². The Morgan fingerprint density at radius 3 is 0.810 bits per heavy atom. The lowest BCUT2D eigenvalue weighted by Crippen LogP contribution is -2.45. The van der Waals surface area contributed by atoms with E-state index >= 15 is 0 Å². The van der Waals surface area contributed by atoms with Gasteiger partial charge in [0, 0.05) is 24.8 Å². The lowest BCUT2D eigenvalue weighted by molar-refractivity contribution is -0.144. The lowest BCUT2D eigenvalue weighted by atomic mass is 9.65. The second kappa shape index (κ2) is 61.0. The minimum atomic E-state index is -0.116. The van der Waals surface area contributed by atoms with Crippen LogP contribution in [0.4, 0.5) is 0 Å². The van der Waals surface area contributed by atoms with Gasteiger partial charge in [0.1, 0.15) is 5.84 Å². The number of unbranched alkanes of at least 4 members (excludes halogenated alkanes) is 50. The standard InChI is InChI=1S/C73H142N2O4/c1-5-9-13-17-21-25-29-33-35-37-39-43-47-51-55-59-70(76)78-67-61-69(62-68-79-71(77)60-56-52-48-44-40-38-36-34-30-26-22-18-14-10-6-2)73(72-74-65-66-75-72,63-57-53-49-45-41-31-27-23-19-15-11-7-3)64-58-54-50-46-42-32-28-24-20-16-12-8-4/h69H,5-68H2,1-4H3,(H,74,75). The number of hydrogen-bond donors (Lipinski definition) is 1. The molecule has 1 aliphatic rings. The molecule has 0 bridgehead atoms. The third kappa shape index (κ3) is 48.5. The molecular formula is C73H142N2O4. The van der Waals surface area contributed by atoms with Crippen LogP contribution < -0.4 is 5.32 Å². The first-order chi connectivity index (χ1) is 39.0. The summed E-state index contributed by atoms with van der Waals surface area (Å²) in [6, 6.07) is 0. The Balaban J connectivity index is 2.88. The van der Waals surface area contributed by atoms with Crippen molar-refractivity contribution in [2.24, 2.45) is 16.3 Å². The number of amidine groups is 1. The summed E-state index contributed by atoms with van der Waals surface area (Å²) in [6.07, 6.45) is 77.0.